The minimum absolute atomic E-state index is 0.189. The Morgan fingerprint density at radius 3 is 2.79 bits per heavy atom. The minimum atomic E-state index is -3.74. The first-order valence-corrected chi connectivity index (χ1v) is 11.4. The van der Waals surface area contributed by atoms with Gasteiger partial charge in [-0.15, -0.1) is 11.3 Å². The fourth-order valence-corrected chi connectivity index (χ4v) is 6.12. The predicted octanol–water partition coefficient (Wildman–Crippen LogP) is 4.05. The summed E-state index contributed by atoms with van der Waals surface area (Å²) in [6.07, 6.45) is 1.10. The number of carbonyl (C=O) groups excluding carboxylic acids is 1. The number of sulfonamides is 1. The molecule has 1 aliphatic heterocycles. The molecule has 1 N–H and O–H groups in total. The Morgan fingerprint density at radius 2 is 2.04 bits per heavy atom. The quantitative estimate of drug-likeness (QED) is 0.670. The Hall–Kier alpha value is -2.00. The van der Waals surface area contributed by atoms with Crippen LogP contribution in [-0.4, -0.2) is 36.2 Å². The number of aromatic nitrogens is 1. The van der Waals surface area contributed by atoms with Crippen molar-refractivity contribution in [1.82, 2.24) is 9.29 Å². The average molecular weight is 436 g/mol. The van der Waals surface area contributed by atoms with E-state index in [9.17, 15) is 13.2 Å². The Labute approximate surface area is 172 Å². The van der Waals surface area contributed by atoms with Crippen molar-refractivity contribution in [3.63, 3.8) is 0 Å². The number of hydrogen-bond donors (Lipinski definition) is 1. The summed E-state index contributed by atoms with van der Waals surface area (Å²) in [7, 11) is -3.74. The van der Waals surface area contributed by atoms with Crippen molar-refractivity contribution in [2.45, 2.75) is 30.7 Å². The van der Waals surface area contributed by atoms with Gasteiger partial charge in [0.25, 0.3) is 0 Å². The summed E-state index contributed by atoms with van der Waals surface area (Å²) in [5.74, 6) is -0.375. The van der Waals surface area contributed by atoms with Crippen LogP contribution < -0.4 is 5.32 Å². The number of nitrogens with zero attached hydrogens (tertiary/aromatic N) is 2. The van der Waals surface area contributed by atoms with Crippen molar-refractivity contribution in [1.29, 1.82) is 0 Å². The van der Waals surface area contributed by atoms with Crippen LogP contribution in [0, 0.1) is 6.92 Å². The van der Waals surface area contributed by atoms with Gasteiger partial charge in [-0.3, -0.25) is 4.79 Å². The van der Waals surface area contributed by atoms with Crippen LogP contribution in [0.25, 0.3) is 10.2 Å². The van der Waals surface area contributed by atoms with Crippen molar-refractivity contribution >= 4 is 54.8 Å². The minimum Gasteiger partial charge on any atom is -0.323 e. The number of amides is 1. The molecule has 6 nitrogen and oxygen atoms in total. The highest BCUT2D eigenvalue weighted by Crippen LogP contribution is 2.32. The van der Waals surface area contributed by atoms with Gasteiger partial charge in [0, 0.05) is 6.54 Å². The maximum atomic E-state index is 13.0. The number of benzene rings is 2. The van der Waals surface area contributed by atoms with E-state index in [1.807, 2.05) is 6.92 Å². The Balaban J connectivity index is 1.60. The zero-order valence-electron chi connectivity index (χ0n) is 15.1. The van der Waals surface area contributed by atoms with Gasteiger partial charge in [-0.05, 0) is 44.0 Å². The van der Waals surface area contributed by atoms with Crippen LogP contribution in [-0.2, 0) is 14.8 Å². The van der Waals surface area contributed by atoms with E-state index in [0.29, 0.717) is 30.1 Å². The summed E-state index contributed by atoms with van der Waals surface area (Å²) < 4.78 is 28.1. The molecule has 28 heavy (non-hydrogen) atoms. The molecule has 146 valence electrons. The number of nitrogens with one attached hydrogen (secondary N) is 1. The zero-order valence-corrected chi connectivity index (χ0v) is 17.4. The number of carbonyl (C=O) groups is 1. The lowest BCUT2D eigenvalue weighted by Gasteiger charge is -2.23. The summed E-state index contributed by atoms with van der Waals surface area (Å²) >= 11 is 7.81. The third kappa shape index (κ3) is 3.53. The molecular formula is C19H18ClN3O3S2. The van der Waals surface area contributed by atoms with Crippen LogP contribution in [0.2, 0.25) is 5.02 Å². The molecule has 1 unspecified atom stereocenters. The van der Waals surface area contributed by atoms with Gasteiger partial charge in [0.15, 0.2) is 0 Å². The van der Waals surface area contributed by atoms with Crippen LogP contribution in [0.5, 0.6) is 0 Å². The van der Waals surface area contributed by atoms with E-state index < -0.39 is 16.1 Å². The van der Waals surface area contributed by atoms with Crippen molar-refractivity contribution in [2.75, 3.05) is 11.9 Å². The first-order chi connectivity index (χ1) is 13.4. The standard InChI is InChI=1S/C19H18ClN3O3S2/c1-12-21-16-10-14(20)15(11-18(16)27-12)22-19(24)17-8-5-9-23(17)28(25,26)13-6-3-2-4-7-13/h2-4,6-7,10-11,17H,5,8-9H2,1H3,(H,22,24). The molecule has 1 atom stereocenters. The number of rotatable bonds is 4. The van der Waals surface area contributed by atoms with E-state index in [2.05, 4.69) is 10.3 Å². The first-order valence-electron chi connectivity index (χ1n) is 8.81. The van der Waals surface area contributed by atoms with Crippen LogP contribution in [0.15, 0.2) is 47.4 Å². The highest BCUT2D eigenvalue weighted by atomic mass is 35.5. The molecule has 1 aliphatic rings. The number of fused-ring (bicyclic) bond motifs is 1. The molecule has 9 heteroatoms. The van der Waals surface area contributed by atoms with E-state index in [1.165, 1.54) is 15.6 Å². The molecule has 0 spiro atoms. The van der Waals surface area contributed by atoms with Gasteiger partial charge < -0.3 is 5.32 Å². The normalized spacial score (nSPS) is 17.9. The average Bonchev–Trinajstić information content (AvgIpc) is 3.29. The van der Waals surface area contributed by atoms with Crippen molar-refractivity contribution in [2.24, 2.45) is 0 Å². The summed E-state index contributed by atoms with van der Waals surface area (Å²) in [5.41, 5.74) is 1.24. The van der Waals surface area contributed by atoms with Gasteiger partial charge >= 0.3 is 0 Å². The van der Waals surface area contributed by atoms with Crippen molar-refractivity contribution < 1.29 is 13.2 Å². The molecule has 1 saturated heterocycles. The zero-order chi connectivity index (χ0) is 19.9. The fourth-order valence-electron chi connectivity index (χ4n) is 3.39. The van der Waals surface area contributed by atoms with Gasteiger partial charge in [-0.2, -0.15) is 4.31 Å². The summed E-state index contributed by atoms with van der Waals surface area (Å²) in [4.78, 5) is 17.5. The monoisotopic (exact) mass is 435 g/mol. The van der Waals surface area contributed by atoms with Crippen LogP contribution in [0.3, 0.4) is 0 Å². The lowest BCUT2D eigenvalue weighted by Crippen LogP contribution is -2.43. The number of aryl methyl sites for hydroxylation is 1. The van der Waals surface area contributed by atoms with Gasteiger partial charge in [0.05, 0.1) is 30.8 Å². The largest absolute Gasteiger partial charge is 0.323 e. The van der Waals surface area contributed by atoms with E-state index in [4.69, 9.17) is 11.6 Å². The molecular weight excluding hydrogens is 418 g/mol. The molecule has 1 amide bonds. The highest BCUT2D eigenvalue weighted by molar-refractivity contribution is 7.89. The topological polar surface area (TPSA) is 79.4 Å². The summed E-state index contributed by atoms with van der Waals surface area (Å²) in [6.45, 7) is 2.22. The number of anilines is 1. The second-order valence-electron chi connectivity index (χ2n) is 6.61. The molecule has 1 aromatic heterocycles. The predicted molar refractivity (Wildman–Crippen MR) is 111 cm³/mol. The lowest BCUT2D eigenvalue weighted by molar-refractivity contribution is -0.119. The van der Waals surface area contributed by atoms with Gasteiger partial charge in [-0.1, -0.05) is 29.8 Å². The highest BCUT2D eigenvalue weighted by Gasteiger charge is 2.39. The van der Waals surface area contributed by atoms with Gasteiger partial charge in [0.2, 0.25) is 15.9 Å². The fraction of sp³-hybridized carbons (Fsp3) is 0.263. The molecule has 3 aromatic rings. The summed E-state index contributed by atoms with van der Waals surface area (Å²) in [6, 6.07) is 10.9. The maximum absolute atomic E-state index is 13.0. The van der Waals surface area contributed by atoms with Crippen LogP contribution in [0.1, 0.15) is 17.8 Å². The van der Waals surface area contributed by atoms with E-state index >= 15 is 0 Å². The van der Waals surface area contributed by atoms with Gasteiger partial charge in [-0.25, -0.2) is 13.4 Å². The number of thiazole rings is 1. The molecule has 2 heterocycles. The lowest BCUT2D eigenvalue weighted by atomic mass is 10.2. The summed E-state index contributed by atoms with van der Waals surface area (Å²) in [5, 5.41) is 4.09. The second-order valence-corrected chi connectivity index (χ2v) is 10.1. The molecule has 4 rings (SSSR count). The van der Waals surface area contributed by atoms with E-state index in [1.54, 1.807) is 42.5 Å². The Kier molecular flexibility index (Phi) is 5.13. The van der Waals surface area contributed by atoms with E-state index in [0.717, 1.165) is 15.2 Å². The molecule has 2 aromatic carbocycles. The molecule has 0 radical (unpaired) electrons. The maximum Gasteiger partial charge on any atom is 0.243 e. The molecule has 0 saturated carbocycles. The van der Waals surface area contributed by atoms with Crippen LogP contribution >= 0.6 is 22.9 Å². The first kappa shape index (κ1) is 19.3. The van der Waals surface area contributed by atoms with Crippen LogP contribution in [0.4, 0.5) is 5.69 Å². The third-order valence-corrected chi connectivity index (χ3v) is 7.87. The van der Waals surface area contributed by atoms with Gasteiger partial charge in [0.1, 0.15) is 6.04 Å². The smallest absolute Gasteiger partial charge is 0.243 e. The molecule has 0 aliphatic carbocycles. The SMILES string of the molecule is Cc1nc2cc(Cl)c(NC(=O)C3CCCN3S(=O)(=O)c3ccccc3)cc2s1. The second kappa shape index (κ2) is 7.44. The molecule has 1 fully saturated rings. The number of hydrogen-bond acceptors (Lipinski definition) is 5. The Bertz CT molecular complexity index is 1150. The van der Waals surface area contributed by atoms with Crippen molar-refractivity contribution in [3.8, 4) is 0 Å². The number of halogens is 1. The Morgan fingerprint density at radius 1 is 1.29 bits per heavy atom. The van der Waals surface area contributed by atoms with Crippen molar-refractivity contribution in [3.05, 3.63) is 52.5 Å². The van der Waals surface area contributed by atoms with E-state index in [-0.39, 0.29) is 10.8 Å². The third-order valence-electron chi connectivity index (χ3n) is 4.70. The molecule has 0 bridgehead atoms.